The molecule has 1 saturated heterocycles. The Bertz CT molecular complexity index is 882. The fourth-order valence-electron chi connectivity index (χ4n) is 3.57. The summed E-state index contributed by atoms with van der Waals surface area (Å²) < 4.78 is 0. The molecule has 0 radical (unpaired) electrons. The van der Waals surface area contributed by atoms with Crippen molar-refractivity contribution < 1.29 is 14.4 Å². The quantitative estimate of drug-likeness (QED) is 0.820. The van der Waals surface area contributed by atoms with Gasteiger partial charge in [-0.1, -0.05) is 42.5 Å². The Balaban J connectivity index is 1.63. The second-order valence-corrected chi connectivity index (χ2v) is 7.47. The van der Waals surface area contributed by atoms with E-state index in [1.54, 1.807) is 16.8 Å². The van der Waals surface area contributed by atoms with Gasteiger partial charge in [0.1, 0.15) is 6.04 Å². The zero-order valence-corrected chi connectivity index (χ0v) is 16.9. The molecular formula is C23H27N3O3. The molecule has 6 nitrogen and oxygen atoms in total. The number of amides is 3. The number of carbonyl (C=O) groups excluding carboxylic acids is 3. The van der Waals surface area contributed by atoms with Crippen molar-refractivity contribution in [2.75, 3.05) is 18.9 Å². The highest BCUT2D eigenvalue weighted by molar-refractivity contribution is 5.97. The molecule has 1 atom stereocenters. The Morgan fingerprint density at radius 3 is 2.52 bits per heavy atom. The van der Waals surface area contributed by atoms with E-state index < -0.39 is 6.04 Å². The summed E-state index contributed by atoms with van der Waals surface area (Å²) >= 11 is 0. The van der Waals surface area contributed by atoms with Crippen molar-refractivity contribution in [1.29, 1.82) is 0 Å². The number of rotatable bonds is 6. The van der Waals surface area contributed by atoms with Crippen LogP contribution in [0.25, 0.3) is 0 Å². The van der Waals surface area contributed by atoms with Crippen LogP contribution >= 0.6 is 0 Å². The monoisotopic (exact) mass is 393 g/mol. The summed E-state index contributed by atoms with van der Waals surface area (Å²) in [5, 5.41) is 2.94. The highest BCUT2D eigenvalue weighted by atomic mass is 16.2. The third kappa shape index (κ3) is 5.44. The second kappa shape index (κ2) is 9.37. The highest BCUT2D eigenvalue weighted by Crippen LogP contribution is 2.21. The summed E-state index contributed by atoms with van der Waals surface area (Å²) in [6.45, 7) is 2.60. The van der Waals surface area contributed by atoms with Crippen LogP contribution in [0.5, 0.6) is 0 Å². The maximum Gasteiger partial charge on any atom is 0.247 e. The molecule has 29 heavy (non-hydrogen) atoms. The van der Waals surface area contributed by atoms with E-state index in [0.29, 0.717) is 31.6 Å². The van der Waals surface area contributed by atoms with Crippen molar-refractivity contribution in [3.63, 3.8) is 0 Å². The molecule has 2 aromatic carbocycles. The molecule has 2 aromatic rings. The SMILES string of the molecule is CC(=O)N(C)Cc1cccc(NC(=O)C2CCCN2C(=O)Cc2ccccc2)c1. The van der Waals surface area contributed by atoms with Crippen LogP contribution in [0.15, 0.2) is 54.6 Å². The lowest BCUT2D eigenvalue weighted by Gasteiger charge is -2.24. The minimum absolute atomic E-state index is 0.0158. The lowest BCUT2D eigenvalue weighted by atomic mass is 10.1. The van der Waals surface area contributed by atoms with Gasteiger partial charge >= 0.3 is 0 Å². The molecule has 3 rings (SSSR count). The molecule has 1 aliphatic rings. The molecule has 1 unspecified atom stereocenters. The Morgan fingerprint density at radius 1 is 1.07 bits per heavy atom. The molecule has 0 saturated carbocycles. The van der Waals surface area contributed by atoms with E-state index in [4.69, 9.17) is 0 Å². The van der Waals surface area contributed by atoms with E-state index in [9.17, 15) is 14.4 Å². The standard InChI is InChI=1S/C23H27N3O3/c1-17(27)25(2)16-19-10-6-11-20(14-19)24-23(29)21-12-7-13-26(21)22(28)15-18-8-4-3-5-9-18/h3-6,8-11,14,21H,7,12-13,15-16H2,1-2H3,(H,24,29). The molecule has 6 heteroatoms. The molecule has 0 bridgehead atoms. The van der Waals surface area contributed by atoms with Crippen molar-refractivity contribution in [2.45, 2.75) is 38.8 Å². The van der Waals surface area contributed by atoms with Crippen LogP contribution in [0, 0.1) is 0 Å². The smallest absolute Gasteiger partial charge is 0.247 e. The van der Waals surface area contributed by atoms with Crippen molar-refractivity contribution >= 4 is 23.4 Å². The van der Waals surface area contributed by atoms with Gasteiger partial charge in [-0.2, -0.15) is 0 Å². The Labute approximate surface area is 171 Å². The average Bonchev–Trinajstić information content (AvgIpc) is 3.19. The van der Waals surface area contributed by atoms with E-state index in [0.717, 1.165) is 17.5 Å². The molecule has 1 heterocycles. The van der Waals surface area contributed by atoms with Crippen LogP contribution < -0.4 is 5.32 Å². The minimum atomic E-state index is -0.449. The number of anilines is 1. The number of nitrogens with one attached hydrogen (secondary N) is 1. The van der Waals surface area contributed by atoms with Gasteiger partial charge < -0.3 is 15.1 Å². The third-order valence-electron chi connectivity index (χ3n) is 5.23. The zero-order valence-electron chi connectivity index (χ0n) is 16.9. The maximum absolute atomic E-state index is 12.9. The predicted octanol–water partition coefficient (Wildman–Crippen LogP) is 2.84. The molecule has 0 aliphatic carbocycles. The van der Waals surface area contributed by atoms with Gasteiger partial charge in [-0.25, -0.2) is 0 Å². The van der Waals surface area contributed by atoms with Gasteiger partial charge in [-0.15, -0.1) is 0 Å². The van der Waals surface area contributed by atoms with Gasteiger partial charge in [0.15, 0.2) is 0 Å². The highest BCUT2D eigenvalue weighted by Gasteiger charge is 2.33. The van der Waals surface area contributed by atoms with E-state index >= 15 is 0 Å². The summed E-state index contributed by atoms with van der Waals surface area (Å²) in [6.07, 6.45) is 1.79. The molecular weight excluding hydrogens is 366 g/mol. The number of hydrogen-bond donors (Lipinski definition) is 1. The lowest BCUT2D eigenvalue weighted by molar-refractivity contribution is -0.136. The number of hydrogen-bond acceptors (Lipinski definition) is 3. The van der Waals surface area contributed by atoms with Gasteiger partial charge in [-0.3, -0.25) is 14.4 Å². The molecule has 3 amide bonds. The van der Waals surface area contributed by atoms with E-state index in [-0.39, 0.29) is 17.7 Å². The predicted molar refractivity (Wildman–Crippen MR) is 112 cm³/mol. The van der Waals surface area contributed by atoms with Crippen molar-refractivity contribution in [3.05, 3.63) is 65.7 Å². The lowest BCUT2D eigenvalue weighted by Crippen LogP contribution is -2.43. The maximum atomic E-state index is 12.9. The van der Waals surface area contributed by atoms with E-state index in [2.05, 4.69) is 5.32 Å². The van der Waals surface area contributed by atoms with E-state index in [1.807, 2.05) is 54.6 Å². The van der Waals surface area contributed by atoms with Crippen LogP contribution in [-0.4, -0.2) is 47.2 Å². The van der Waals surface area contributed by atoms with Gasteiger partial charge in [0.05, 0.1) is 6.42 Å². The first-order valence-electron chi connectivity index (χ1n) is 9.89. The fourth-order valence-corrected chi connectivity index (χ4v) is 3.57. The van der Waals surface area contributed by atoms with E-state index in [1.165, 1.54) is 6.92 Å². The summed E-state index contributed by atoms with van der Waals surface area (Å²) in [6, 6.07) is 16.6. The number of nitrogens with zero attached hydrogens (tertiary/aromatic N) is 2. The number of benzene rings is 2. The van der Waals surface area contributed by atoms with Gasteiger partial charge in [0, 0.05) is 32.7 Å². The average molecular weight is 393 g/mol. The van der Waals surface area contributed by atoms with Crippen LogP contribution in [0.3, 0.4) is 0 Å². The Hall–Kier alpha value is -3.15. The van der Waals surface area contributed by atoms with Gasteiger partial charge in [-0.05, 0) is 36.1 Å². The first-order valence-corrected chi connectivity index (χ1v) is 9.89. The normalized spacial score (nSPS) is 15.8. The molecule has 0 spiro atoms. The molecule has 152 valence electrons. The fraction of sp³-hybridized carbons (Fsp3) is 0.348. The van der Waals surface area contributed by atoms with Crippen molar-refractivity contribution in [3.8, 4) is 0 Å². The summed E-state index contributed by atoms with van der Waals surface area (Å²) in [5.41, 5.74) is 2.56. The van der Waals surface area contributed by atoms with Gasteiger partial charge in [0.25, 0.3) is 0 Å². The first kappa shape index (κ1) is 20.6. The second-order valence-electron chi connectivity index (χ2n) is 7.47. The molecule has 1 fully saturated rings. The van der Waals surface area contributed by atoms with Crippen LogP contribution in [-0.2, 0) is 27.3 Å². The minimum Gasteiger partial charge on any atom is -0.342 e. The zero-order chi connectivity index (χ0) is 20.8. The van der Waals surface area contributed by atoms with Crippen LogP contribution in [0.4, 0.5) is 5.69 Å². The topological polar surface area (TPSA) is 69.7 Å². The summed E-state index contributed by atoms with van der Waals surface area (Å²) in [4.78, 5) is 40.3. The molecule has 0 aromatic heterocycles. The first-order chi connectivity index (χ1) is 13.9. The molecule has 1 aliphatic heterocycles. The number of likely N-dealkylation sites (tertiary alicyclic amines) is 1. The summed E-state index contributed by atoms with van der Waals surface area (Å²) in [5.74, 6) is -0.204. The van der Waals surface area contributed by atoms with Crippen LogP contribution in [0.2, 0.25) is 0 Å². The van der Waals surface area contributed by atoms with Gasteiger partial charge in [0.2, 0.25) is 17.7 Å². The largest absolute Gasteiger partial charge is 0.342 e. The van der Waals surface area contributed by atoms with Crippen molar-refractivity contribution in [1.82, 2.24) is 9.80 Å². The molecule has 1 N–H and O–H groups in total. The Kier molecular flexibility index (Phi) is 6.65. The Morgan fingerprint density at radius 2 is 1.79 bits per heavy atom. The van der Waals surface area contributed by atoms with Crippen molar-refractivity contribution in [2.24, 2.45) is 0 Å². The number of carbonyl (C=O) groups is 3. The summed E-state index contributed by atoms with van der Waals surface area (Å²) in [7, 11) is 1.74. The third-order valence-corrected chi connectivity index (χ3v) is 5.23. The van der Waals surface area contributed by atoms with Crippen LogP contribution in [0.1, 0.15) is 30.9 Å².